The number of hydrogen-bond acceptors (Lipinski definition) is 7. The van der Waals surface area contributed by atoms with Gasteiger partial charge in [-0.2, -0.15) is 0 Å². The van der Waals surface area contributed by atoms with Crippen molar-refractivity contribution in [1.82, 2.24) is 4.90 Å². The molecule has 1 aliphatic heterocycles. The van der Waals surface area contributed by atoms with Crippen molar-refractivity contribution in [3.63, 3.8) is 0 Å². The number of ether oxygens (including phenoxy) is 3. The SMILES string of the molecule is COc1ccc(/C(O)=C2/C(=O)C(=O)N(CCOC(C)C)C2c2ccc(OC)c(O)c2)c(C)c1. The number of benzene rings is 2. The molecule has 176 valence electrons. The summed E-state index contributed by atoms with van der Waals surface area (Å²) < 4.78 is 15.9. The average Bonchev–Trinajstić information content (AvgIpc) is 3.03. The lowest BCUT2D eigenvalue weighted by Gasteiger charge is -2.26. The van der Waals surface area contributed by atoms with Gasteiger partial charge in [-0.1, -0.05) is 6.07 Å². The molecule has 0 spiro atoms. The van der Waals surface area contributed by atoms with Gasteiger partial charge in [0.15, 0.2) is 11.5 Å². The molecule has 2 aromatic rings. The maximum atomic E-state index is 13.1. The number of phenols is 1. The molecule has 1 aliphatic rings. The quantitative estimate of drug-likeness (QED) is 0.356. The van der Waals surface area contributed by atoms with E-state index < -0.39 is 17.7 Å². The molecule has 0 aliphatic carbocycles. The van der Waals surface area contributed by atoms with Gasteiger partial charge in [-0.05, 0) is 62.2 Å². The van der Waals surface area contributed by atoms with Crippen LogP contribution in [0.25, 0.3) is 5.76 Å². The molecular weight excluding hydrogens is 426 g/mol. The number of ketones is 1. The first kappa shape index (κ1) is 24.1. The highest BCUT2D eigenvalue weighted by Crippen LogP contribution is 2.42. The Kier molecular flexibility index (Phi) is 7.28. The number of aryl methyl sites for hydroxylation is 1. The number of carbonyl (C=O) groups is 2. The van der Waals surface area contributed by atoms with Crippen molar-refractivity contribution in [2.24, 2.45) is 0 Å². The smallest absolute Gasteiger partial charge is 0.295 e. The van der Waals surface area contributed by atoms with Gasteiger partial charge in [0, 0.05) is 12.1 Å². The lowest BCUT2D eigenvalue weighted by Crippen LogP contribution is -2.33. The van der Waals surface area contributed by atoms with Crippen LogP contribution in [0.2, 0.25) is 0 Å². The summed E-state index contributed by atoms with van der Waals surface area (Å²) in [4.78, 5) is 27.4. The number of nitrogens with zero attached hydrogens (tertiary/aromatic N) is 1. The fourth-order valence-electron chi connectivity index (χ4n) is 3.89. The zero-order valence-corrected chi connectivity index (χ0v) is 19.4. The molecular formula is C25H29NO7. The van der Waals surface area contributed by atoms with Crippen LogP contribution in [0.1, 0.15) is 36.6 Å². The summed E-state index contributed by atoms with van der Waals surface area (Å²) in [5.41, 5.74) is 1.50. The monoisotopic (exact) mass is 455 g/mol. The van der Waals surface area contributed by atoms with Crippen molar-refractivity contribution < 1.29 is 34.0 Å². The first-order valence-corrected chi connectivity index (χ1v) is 10.6. The predicted octanol–water partition coefficient (Wildman–Crippen LogP) is 3.56. The third-order valence-corrected chi connectivity index (χ3v) is 5.53. The van der Waals surface area contributed by atoms with Gasteiger partial charge in [0.05, 0.1) is 38.5 Å². The largest absolute Gasteiger partial charge is 0.507 e. The van der Waals surface area contributed by atoms with Crippen LogP contribution in [0, 0.1) is 6.92 Å². The summed E-state index contributed by atoms with van der Waals surface area (Å²) >= 11 is 0. The van der Waals surface area contributed by atoms with Gasteiger partial charge >= 0.3 is 0 Å². The minimum absolute atomic E-state index is 0.0488. The first-order chi connectivity index (χ1) is 15.7. The van der Waals surface area contributed by atoms with E-state index in [1.165, 1.54) is 25.2 Å². The lowest BCUT2D eigenvalue weighted by atomic mass is 9.93. The normalized spacial score (nSPS) is 17.6. The molecule has 1 atom stereocenters. The topological polar surface area (TPSA) is 106 Å². The number of hydrogen-bond donors (Lipinski definition) is 2. The number of likely N-dealkylation sites (tertiary alicyclic amines) is 1. The minimum atomic E-state index is -0.904. The Balaban J connectivity index is 2.15. The summed E-state index contributed by atoms with van der Waals surface area (Å²) in [6, 6.07) is 8.77. The third kappa shape index (κ3) is 4.80. The number of aliphatic hydroxyl groups excluding tert-OH is 1. The second kappa shape index (κ2) is 9.95. The molecule has 0 aromatic heterocycles. The van der Waals surface area contributed by atoms with E-state index in [2.05, 4.69) is 0 Å². The number of methoxy groups -OCH3 is 2. The Bertz CT molecular complexity index is 1090. The highest BCUT2D eigenvalue weighted by Gasteiger charge is 2.46. The highest BCUT2D eigenvalue weighted by molar-refractivity contribution is 6.46. The number of phenolic OH excluding ortho intramolecular Hbond substituents is 1. The summed E-state index contributed by atoms with van der Waals surface area (Å²) in [5.74, 6) is -1.11. The van der Waals surface area contributed by atoms with Crippen molar-refractivity contribution in [2.45, 2.75) is 32.9 Å². The Labute approximate surface area is 193 Å². The van der Waals surface area contributed by atoms with Gasteiger partial charge < -0.3 is 29.3 Å². The van der Waals surface area contributed by atoms with Crippen molar-refractivity contribution >= 4 is 17.4 Å². The van der Waals surface area contributed by atoms with Gasteiger partial charge in [0.2, 0.25) is 0 Å². The van der Waals surface area contributed by atoms with E-state index in [9.17, 15) is 19.8 Å². The Morgan fingerprint density at radius 2 is 1.82 bits per heavy atom. The van der Waals surface area contributed by atoms with Crippen LogP contribution in [0.5, 0.6) is 17.2 Å². The molecule has 2 aromatic carbocycles. The Hall–Kier alpha value is -3.52. The van der Waals surface area contributed by atoms with Crippen LogP contribution in [0.3, 0.4) is 0 Å². The van der Waals surface area contributed by atoms with Gasteiger partial charge in [-0.3, -0.25) is 9.59 Å². The van der Waals surface area contributed by atoms with Crippen molar-refractivity contribution in [3.05, 3.63) is 58.7 Å². The maximum absolute atomic E-state index is 13.1. The van der Waals surface area contributed by atoms with Crippen LogP contribution in [0.4, 0.5) is 0 Å². The minimum Gasteiger partial charge on any atom is -0.507 e. The molecule has 1 unspecified atom stereocenters. The second-order valence-corrected chi connectivity index (χ2v) is 8.02. The van der Waals surface area contributed by atoms with E-state index in [-0.39, 0.29) is 42.1 Å². The van der Waals surface area contributed by atoms with E-state index in [1.54, 1.807) is 37.3 Å². The van der Waals surface area contributed by atoms with Crippen LogP contribution >= 0.6 is 0 Å². The first-order valence-electron chi connectivity index (χ1n) is 10.6. The van der Waals surface area contributed by atoms with Gasteiger partial charge in [-0.25, -0.2) is 0 Å². The summed E-state index contributed by atoms with van der Waals surface area (Å²) in [6.45, 7) is 5.88. The van der Waals surface area contributed by atoms with E-state index in [4.69, 9.17) is 14.2 Å². The molecule has 1 heterocycles. The Morgan fingerprint density at radius 3 is 2.39 bits per heavy atom. The summed E-state index contributed by atoms with van der Waals surface area (Å²) in [5, 5.41) is 21.5. The number of Topliss-reactive ketones (excluding diaryl/α,β-unsaturated/α-hetero) is 1. The Morgan fingerprint density at radius 1 is 1.09 bits per heavy atom. The molecule has 2 N–H and O–H groups in total. The molecule has 0 saturated carbocycles. The summed E-state index contributed by atoms with van der Waals surface area (Å²) in [7, 11) is 2.96. The van der Waals surface area contributed by atoms with Crippen molar-refractivity contribution in [3.8, 4) is 17.2 Å². The highest BCUT2D eigenvalue weighted by atomic mass is 16.5. The fourth-order valence-corrected chi connectivity index (χ4v) is 3.89. The van der Waals surface area contributed by atoms with Gasteiger partial charge in [0.1, 0.15) is 11.5 Å². The molecule has 8 heteroatoms. The molecule has 33 heavy (non-hydrogen) atoms. The molecule has 3 rings (SSSR count). The van der Waals surface area contributed by atoms with E-state index in [0.717, 1.165) is 0 Å². The van der Waals surface area contributed by atoms with E-state index in [0.29, 0.717) is 22.4 Å². The van der Waals surface area contributed by atoms with Crippen LogP contribution < -0.4 is 9.47 Å². The second-order valence-electron chi connectivity index (χ2n) is 8.02. The number of carbonyl (C=O) groups excluding carboxylic acids is 2. The predicted molar refractivity (Wildman–Crippen MR) is 122 cm³/mol. The van der Waals surface area contributed by atoms with Crippen LogP contribution in [-0.2, 0) is 14.3 Å². The number of aromatic hydroxyl groups is 1. The standard InChI is InChI=1S/C25H29NO7/c1-14(2)33-11-10-26-22(16-6-9-20(32-5)19(27)13-16)21(24(29)25(26)30)23(28)18-8-7-17(31-4)12-15(18)3/h6-9,12-14,22,27-28H,10-11H2,1-5H3/b23-21-. The van der Waals surface area contributed by atoms with Crippen LogP contribution in [0.15, 0.2) is 42.0 Å². The number of aliphatic hydroxyl groups is 1. The van der Waals surface area contributed by atoms with Crippen LogP contribution in [-0.4, -0.2) is 60.3 Å². The fraction of sp³-hybridized carbons (Fsp3) is 0.360. The molecule has 1 fully saturated rings. The van der Waals surface area contributed by atoms with Gasteiger partial charge in [0.25, 0.3) is 11.7 Å². The molecule has 1 saturated heterocycles. The zero-order valence-electron chi connectivity index (χ0n) is 19.4. The third-order valence-electron chi connectivity index (χ3n) is 5.53. The average molecular weight is 456 g/mol. The van der Waals surface area contributed by atoms with E-state index >= 15 is 0 Å². The summed E-state index contributed by atoms with van der Waals surface area (Å²) in [6.07, 6.45) is -0.0488. The van der Waals surface area contributed by atoms with E-state index in [1.807, 2.05) is 13.8 Å². The van der Waals surface area contributed by atoms with Gasteiger partial charge in [-0.15, -0.1) is 0 Å². The molecule has 8 nitrogen and oxygen atoms in total. The molecule has 1 amide bonds. The maximum Gasteiger partial charge on any atom is 0.295 e. The lowest BCUT2D eigenvalue weighted by molar-refractivity contribution is -0.140. The number of rotatable bonds is 8. The zero-order chi connectivity index (χ0) is 24.3. The molecule has 0 radical (unpaired) electrons. The van der Waals surface area contributed by atoms with Crippen molar-refractivity contribution in [1.29, 1.82) is 0 Å². The van der Waals surface area contributed by atoms with Crippen molar-refractivity contribution in [2.75, 3.05) is 27.4 Å². The molecule has 0 bridgehead atoms. The number of amides is 1.